The normalized spacial score (nSPS) is 9.56. The largest absolute Gasteiger partial charge is 0.287 e. The molecule has 0 saturated carbocycles. The van der Waals surface area contributed by atoms with Crippen LogP contribution in [0.5, 0.6) is 0 Å². The minimum Gasteiger partial charge on any atom is -0.287 e. The van der Waals surface area contributed by atoms with Gasteiger partial charge < -0.3 is 0 Å². The van der Waals surface area contributed by atoms with Crippen molar-refractivity contribution in [3.8, 4) is 0 Å². The van der Waals surface area contributed by atoms with Crippen molar-refractivity contribution in [2.24, 2.45) is 0 Å². The lowest BCUT2D eigenvalue weighted by Gasteiger charge is -1.93. The zero-order valence-corrected chi connectivity index (χ0v) is 7.30. The maximum absolute atomic E-state index is 10.3. The lowest BCUT2D eigenvalue weighted by molar-refractivity contribution is -0.110. The van der Waals surface area contributed by atoms with Crippen LogP contribution in [0.3, 0.4) is 0 Å². The van der Waals surface area contributed by atoms with Gasteiger partial charge in [0.15, 0.2) is 5.12 Å². The predicted molar refractivity (Wildman–Crippen MR) is 46.2 cm³/mol. The molecule has 0 aliphatic rings. The number of hydrogen-bond acceptors (Lipinski definition) is 2. The number of carbonyl (C=O) groups excluding carboxylic acids is 1. The third-order valence-corrected chi connectivity index (χ3v) is 2.22. The molecule has 0 aromatic carbocycles. The van der Waals surface area contributed by atoms with Gasteiger partial charge in [-0.1, -0.05) is 6.92 Å². The van der Waals surface area contributed by atoms with Crippen molar-refractivity contribution in [3.05, 3.63) is 0 Å². The zero-order valence-electron chi connectivity index (χ0n) is 5.59. The van der Waals surface area contributed by atoms with E-state index in [1.54, 1.807) is 0 Å². The Hall–Kier alpha value is 0.370. The van der Waals surface area contributed by atoms with Crippen LogP contribution >= 0.6 is 24.4 Å². The van der Waals surface area contributed by atoms with Gasteiger partial charge in [-0.25, -0.2) is 0 Å². The van der Waals surface area contributed by atoms with Gasteiger partial charge in [0.2, 0.25) is 0 Å². The second-order valence-corrected chi connectivity index (χ2v) is 3.48. The molecule has 0 aliphatic carbocycles. The quantitative estimate of drug-likeness (QED) is 0.494. The van der Waals surface area contributed by atoms with Crippen LogP contribution < -0.4 is 0 Å². The average Bonchev–Trinajstić information content (AvgIpc) is 1.80. The lowest BCUT2D eigenvalue weighted by atomic mass is 10.5. The smallest absolute Gasteiger partial charge is 0.186 e. The van der Waals surface area contributed by atoms with Gasteiger partial charge in [0.25, 0.3) is 0 Å². The summed E-state index contributed by atoms with van der Waals surface area (Å²) in [6.07, 6.45) is 1.79. The molecule has 0 bridgehead atoms. The van der Waals surface area contributed by atoms with Crippen LogP contribution in [0.1, 0.15) is 19.8 Å². The Labute approximate surface area is 66.0 Å². The van der Waals surface area contributed by atoms with E-state index in [1.807, 2.05) is 11.8 Å². The molecular weight excluding hydrogens is 152 g/mol. The zero-order chi connectivity index (χ0) is 7.11. The molecule has 0 spiro atoms. The van der Waals surface area contributed by atoms with Crippen molar-refractivity contribution in [3.63, 3.8) is 0 Å². The molecule has 0 atom stereocenters. The third kappa shape index (κ3) is 8.37. The Bertz CT molecular complexity index is 83.1. The third-order valence-electron chi connectivity index (χ3n) is 0.809. The minimum absolute atomic E-state index is 0.00129. The van der Waals surface area contributed by atoms with Crippen LogP contribution in [-0.4, -0.2) is 16.6 Å². The standard InChI is InChI=1S/C6H12OS2/c1-2-4-9-5-3-6(7)8/h2-5H2,1H3,(H,7,8). The highest BCUT2D eigenvalue weighted by Crippen LogP contribution is 2.04. The number of carbonyl (C=O) groups is 1. The van der Waals surface area contributed by atoms with Crippen LogP contribution in [0.2, 0.25) is 0 Å². The Morgan fingerprint density at radius 2 is 2.22 bits per heavy atom. The molecule has 1 nitrogen and oxygen atoms in total. The molecule has 0 radical (unpaired) electrons. The highest BCUT2D eigenvalue weighted by molar-refractivity contribution is 7.99. The lowest BCUT2D eigenvalue weighted by Crippen LogP contribution is -1.89. The number of thioether (sulfide) groups is 1. The fourth-order valence-electron chi connectivity index (χ4n) is 0.406. The first-order valence-electron chi connectivity index (χ1n) is 3.07. The van der Waals surface area contributed by atoms with Crippen molar-refractivity contribution in [2.75, 3.05) is 11.5 Å². The van der Waals surface area contributed by atoms with Crippen molar-refractivity contribution in [1.29, 1.82) is 0 Å². The molecule has 0 fully saturated rings. The average molecular weight is 164 g/mol. The van der Waals surface area contributed by atoms with Gasteiger partial charge in [0, 0.05) is 12.2 Å². The van der Waals surface area contributed by atoms with Crippen LogP contribution in [0.4, 0.5) is 0 Å². The van der Waals surface area contributed by atoms with E-state index in [2.05, 4.69) is 19.6 Å². The van der Waals surface area contributed by atoms with Crippen LogP contribution in [0.15, 0.2) is 0 Å². The molecule has 0 amide bonds. The molecule has 0 aromatic heterocycles. The summed E-state index contributed by atoms with van der Waals surface area (Å²) in [6, 6.07) is 0. The fraction of sp³-hybridized carbons (Fsp3) is 0.833. The van der Waals surface area contributed by atoms with Gasteiger partial charge in [0.05, 0.1) is 0 Å². The van der Waals surface area contributed by atoms with Crippen molar-refractivity contribution >= 4 is 29.5 Å². The van der Waals surface area contributed by atoms with E-state index in [0.717, 1.165) is 11.5 Å². The van der Waals surface area contributed by atoms with Gasteiger partial charge in [-0.05, 0) is 12.2 Å². The van der Waals surface area contributed by atoms with Gasteiger partial charge in [-0.3, -0.25) is 4.79 Å². The molecule has 54 valence electrons. The first-order chi connectivity index (χ1) is 4.27. The van der Waals surface area contributed by atoms with Gasteiger partial charge >= 0.3 is 0 Å². The van der Waals surface area contributed by atoms with Gasteiger partial charge in [0.1, 0.15) is 0 Å². The van der Waals surface area contributed by atoms with E-state index in [0.29, 0.717) is 6.42 Å². The molecule has 3 heteroatoms. The number of rotatable bonds is 5. The molecule has 0 unspecified atom stereocenters. The first kappa shape index (κ1) is 9.37. The Balaban J connectivity index is 2.83. The maximum Gasteiger partial charge on any atom is 0.186 e. The highest BCUT2D eigenvalue weighted by Gasteiger charge is 1.92. The molecule has 9 heavy (non-hydrogen) atoms. The van der Waals surface area contributed by atoms with E-state index in [9.17, 15) is 4.79 Å². The Morgan fingerprint density at radius 3 is 2.67 bits per heavy atom. The number of hydrogen-bond donors (Lipinski definition) is 1. The summed E-state index contributed by atoms with van der Waals surface area (Å²) in [5.41, 5.74) is 0. The fourth-order valence-corrected chi connectivity index (χ4v) is 1.49. The topological polar surface area (TPSA) is 17.1 Å². The van der Waals surface area contributed by atoms with Crippen molar-refractivity contribution in [2.45, 2.75) is 19.8 Å². The summed E-state index contributed by atoms with van der Waals surface area (Å²) in [6.45, 7) is 2.13. The van der Waals surface area contributed by atoms with Crippen molar-refractivity contribution in [1.82, 2.24) is 0 Å². The van der Waals surface area contributed by atoms with E-state index in [4.69, 9.17) is 0 Å². The van der Waals surface area contributed by atoms with Crippen LogP contribution in [-0.2, 0) is 4.79 Å². The second-order valence-electron chi connectivity index (χ2n) is 1.76. The van der Waals surface area contributed by atoms with E-state index < -0.39 is 0 Å². The molecule has 0 N–H and O–H groups in total. The summed E-state index contributed by atoms with van der Waals surface area (Å²) in [4.78, 5) is 10.3. The van der Waals surface area contributed by atoms with Gasteiger partial charge in [-0.15, -0.1) is 12.6 Å². The molecule has 0 aromatic rings. The summed E-state index contributed by atoms with van der Waals surface area (Å²) in [7, 11) is 0. The molecule has 0 aliphatic heterocycles. The Kier molecular flexibility index (Phi) is 6.76. The summed E-state index contributed by atoms with van der Waals surface area (Å²) >= 11 is 5.46. The summed E-state index contributed by atoms with van der Waals surface area (Å²) in [5, 5.41) is -0.00129. The van der Waals surface area contributed by atoms with Crippen LogP contribution in [0, 0.1) is 0 Å². The second kappa shape index (κ2) is 6.49. The summed E-state index contributed by atoms with van der Waals surface area (Å²) in [5.74, 6) is 2.08. The van der Waals surface area contributed by atoms with E-state index in [1.165, 1.54) is 6.42 Å². The molecular formula is C6H12OS2. The monoisotopic (exact) mass is 164 g/mol. The SMILES string of the molecule is CCCSCCC(=O)S. The molecule has 0 saturated heterocycles. The minimum atomic E-state index is -0.00129. The molecule has 0 rings (SSSR count). The van der Waals surface area contributed by atoms with Gasteiger partial charge in [-0.2, -0.15) is 11.8 Å². The maximum atomic E-state index is 10.3. The first-order valence-corrected chi connectivity index (χ1v) is 4.67. The summed E-state index contributed by atoms with van der Waals surface area (Å²) < 4.78 is 0. The van der Waals surface area contributed by atoms with E-state index >= 15 is 0 Å². The van der Waals surface area contributed by atoms with Crippen LogP contribution in [0.25, 0.3) is 0 Å². The number of thiol groups is 1. The highest BCUT2D eigenvalue weighted by atomic mass is 32.2. The predicted octanol–water partition coefficient (Wildman–Crippen LogP) is 1.98. The van der Waals surface area contributed by atoms with Crippen molar-refractivity contribution < 1.29 is 4.79 Å². The van der Waals surface area contributed by atoms with E-state index in [-0.39, 0.29) is 5.12 Å². The molecule has 0 heterocycles. The Morgan fingerprint density at radius 1 is 1.56 bits per heavy atom.